The Kier molecular flexibility index (Phi) is 5.54. The lowest BCUT2D eigenvalue weighted by molar-refractivity contribution is 0.415. The van der Waals surface area contributed by atoms with Crippen LogP contribution in [0, 0.1) is 0 Å². The van der Waals surface area contributed by atoms with Gasteiger partial charge >= 0.3 is 0 Å². The second kappa shape index (κ2) is 8.52. The van der Waals surface area contributed by atoms with Crippen molar-refractivity contribution in [1.82, 2.24) is 24.3 Å². The maximum Gasteiger partial charge on any atom is 0.160 e. The van der Waals surface area contributed by atoms with Crippen LogP contribution in [-0.4, -0.2) is 31.4 Å². The maximum absolute atomic E-state index is 6.14. The third-order valence-corrected chi connectivity index (χ3v) is 6.28. The molecule has 0 saturated carbocycles. The fourth-order valence-electron chi connectivity index (χ4n) is 4.42. The molecule has 5 aromatic rings. The van der Waals surface area contributed by atoms with Crippen molar-refractivity contribution in [3.63, 3.8) is 0 Å². The molecule has 0 bridgehead atoms. The zero-order chi connectivity index (χ0) is 23.1. The van der Waals surface area contributed by atoms with Crippen LogP contribution in [0.15, 0.2) is 48.7 Å². The minimum Gasteiger partial charge on any atom is -0.497 e. The van der Waals surface area contributed by atoms with Gasteiger partial charge in [0.2, 0.25) is 0 Å². The molecule has 5 rings (SSSR count). The number of aryl methyl sites for hydroxylation is 3. The lowest BCUT2D eigenvalue weighted by Gasteiger charge is -2.08. The normalized spacial score (nSPS) is 11.5. The fourth-order valence-corrected chi connectivity index (χ4v) is 4.54. The standard InChI is InChI=1S/C26H26ClN5O/c1-5-7-21-24-25(31(3)30-21)23(28-26(29-24)16-8-10-17(27)11-9-16)20-15-32(6-2)22-13-12-18(33-4)14-19(20)22/h8-15H,5-7H2,1-4H3. The van der Waals surface area contributed by atoms with Gasteiger partial charge in [0.15, 0.2) is 5.82 Å². The quantitative estimate of drug-likeness (QED) is 0.299. The molecule has 0 N–H and O–H groups in total. The van der Waals surface area contributed by atoms with E-state index in [4.69, 9.17) is 31.4 Å². The molecular formula is C26H26ClN5O. The first kappa shape index (κ1) is 21.5. The van der Waals surface area contributed by atoms with E-state index in [1.807, 2.05) is 42.1 Å². The van der Waals surface area contributed by atoms with Gasteiger partial charge in [0, 0.05) is 46.8 Å². The molecule has 0 aliphatic carbocycles. The van der Waals surface area contributed by atoms with Gasteiger partial charge < -0.3 is 9.30 Å². The highest BCUT2D eigenvalue weighted by atomic mass is 35.5. The predicted octanol–water partition coefficient (Wildman–Crippen LogP) is 6.29. The van der Waals surface area contributed by atoms with E-state index >= 15 is 0 Å². The van der Waals surface area contributed by atoms with E-state index in [0.29, 0.717) is 10.8 Å². The van der Waals surface area contributed by atoms with Crippen LogP contribution < -0.4 is 4.74 Å². The molecule has 168 valence electrons. The van der Waals surface area contributed by atoms with Gasteiger partial charge in [-0.1, -0.05) is 24.9 Å². The van der Waals surface area contributed by atoms with E-state index in [9.17, 15) is 0 Å². The Labute approximate surface area is 197 Å². The molecule has 0 saturated heterocycles. The summed E-state index contributed by atoms with van der Waals surface area (Å²) in [6.45, 7) is 5.16. The second-order valence-corrected chi connectivity index (χ2v) is 8.57. The molecule has 0 radical (unpaired) electrons. The average molecular weight is 460 g/mol. The maximum atomic E-state index is 6.14. The first-order valence-corrected chi connectivity index (χ1v) is 11.6. The Hall–Kier alpha value is -3.38. The third kappa shape index (κ3) is 3.64. The van der Waals surface area contributed by atoms with E-state index in [-0.39, 0.29) is 0 Å². The number of aromatic nitrogens is 5. The average Bonchev–Trinajstić information content (AvgIpc) is 3.36. The summed E-state index contributed by atoms with van der Waals surface area (Å²) < 4.78 is 9.69. The highest BCUT2D eigenvalue weighted by molar-refractivity contribution is 6.30. The summed E-state index contributed by atoms with van der Waals surface area (Å²) in [6, 6.07) is 13.8. The first-order chi connectivity index (χ1) is 16.0. The van der Waals surface area contributed by atoms with Crippen LogP contribution in [0.4, 0.5) is 0 Å². The number of hydrogen-bond acceptors (Lipinski definition) is 4. The Morgan fingerprint density at radius 3 is 2.52 bits per heavy atom. The molecule has 2 aromatic carbocycles. The van der Waals surface area contributed by atoms with Crippen LogP contribution in [0.1, 0.15) is 26.0 Å². The lowest BCUT2D eigenvalue weighted by Crippen LogP contribution is -1.98. The van der Waals surface area contributed by atoms with Gasteiger partial charge in [-0.15, -0.1) is 0 Å². The molecule has 3 heterocycles. The molecule has 33 heavy (non-hydrogen) atoms. The molecule has 3 aromatic heterocycles. The number of methoxy groups -OCH3 is 1. The summed E-state index contributed by atoms with van der Waals surface area (Å²) in [7, 11) is 3.66. The molecule has 0 atom stereocenters. The SMILES string of the molecule is CCCc1nn(C)c2c(-c3cn(CC)c4ccc(OC)cc34)nc(-c3ccc(Cl)cc3)nc12. The topological polar surface area (TPSA) is 57.8 Å². The Balaban J connectivity index is 1.86. The van der Waals surface area contributed by atoms with Gasteiger partial charge in [0.1, 0.15) is 22.5 Å². The summed E-state index contributed by atoms with van der Waals surface area (Å²) >= 11 is 6.14. The van der Waals surface area contributed by atoms with Crippen LogP contribution in [-0.2, 0) is 20.0 Å². The van der Waals surface area contributed by atoms with Crippen molar-refractivity contribution in [3.8, 4) is 28.4 Å². The molecule has 0 amide bonds. The van der Waals surface area contributed by atoms with Gasteiger partial charge in [-0.05, 0) is 55.8 Å². The van der Waals surface area contributed by atoms with Crippen LogP contribution in [0.2, 0.25) is 5.02 Å². The lowest BCUT2D eigenvalue weighted by atomic mass is 10.1. The summed E-state index contributed by atoms with van der Waals surface area (Å²) in [5.74, 6) is 1.48. The molecular weight excluding hydrogens is 434 g/mol. The zero-order valence-corrected chi connectivity index (χ0v) is 20.0. The van der Waals surface area contributed by atoms with Gasteiger partial charge in [0.05, 0.1) is 12.8 Å². The van der Waals surface area contributed by atoms with Crippen LogP contribution in [0.25, 0.3) is 44.6 Å². The summed E-state index contributed by atoms with van der Waals surface area (Å²) in [4.78, 5) is 10.1. The van der Waals surface area contributed by atoms with Crippen molar-refractivity contribution < 1.29 is 4.74 Å². The van der Waals surface area contributed by atoms with E-state index in [0.717, 1.165) is 69.6 Å². The third-order valence-electron chi connectivity index (χ3n) is 6.02. The van der Waals surface area contributed by atoms with Crippen molar-refractivity contribution in [3.05, 3.63) is 59.4 Å². The molecule has 0 fully saturated rings. The minimum absolute atomic E-state index is 0.666. The van der Waals surface area contributed by atoms with Gasteiger partial charge in [-0.2, -0.15) is 5.10 Å². The van der Waals surface area contributed by atoms with Crippen molar-refractivity contribution in [2.45, 2.75) is 33.2 Å². The molecule has 0 aliphatic heterocycles. The summed E-state index contributed by atoms with van der Waals surface area (Å²) in [5, 5.41) is 6.60. The number of benzene rings is 2. The minimum atomic E-state index is 0.666. The number of ether oxygens (including phenoxy) is 1. The number of halogens is 1. The Morgan fingerprint density at radius 1 is 1.03 bits per heavy atom. The highest BCUT2D eigenvalue weighted by Gasteiger charge is 2.22. The van der Waals surface area contributed by atoms with Gasteiger partial charge in [0.25, 0.3) is 0 Å². The van der Waals surface area contributed by atoms with E-state index in [1.165, 1.54) is 0 Å². The summed E-state index contributed by atoms with van der Waals surface area (Å²) in [6.07, 6.45) is 4.02. The highest BCUT2D eigenvalue weighted by Crippen LogP contribution is 2.37. The largest absolute Gasteiger partial charge is 0.497 e. The number of nitrogens with zero attached hydrogens (tertiary/aromatic N) is 5. The number of hydrogen-bond donors (Lipinski definition) is 0. The molecule has 0 unspecified atom stereocenters. The Morgan fingerprint density at radius 2 is 1.82 bits per heavy atom. The predicted molar refractivity (Wildman–Crippen MR) is 134 cm³/mol. The smallest absolute Gasteiger partial charge is 0.160 e. The van der Waals surface area contributed by atoms with Crippen LogP contribution >= 0.6 is 11.6 Å². The van der Waals surface area contributed by atoms with Crippen molar-refractivity contribution >= 4 is 33.5 Å². The zero-order valence-electron chi connectivity index (χ0n) is 19.3. The number of rotatable bonds is 6. The summed E-state index contributed by atoms with van der Waals surface area (Å²) in [5.41, 5.74) is 6.80. The van der Waals surface area contributed by atoms with Crippen molar-refractivity contribution in [2.75, 3.05) is 7.11 Å². The van der Waals surface area contributed by atoms with E-state index in [1.54, 1.807) is 7.11 Å². The Bertz CT molecular complexity index is 1470. The van der Waals surface area contributed by atoms with Gasteiger partial charge in [-0.3, -0.25) is 4.68 Å². The van der Waals surface area contributed by atoms with Crippen LogP contribution in [0.3, 0.4) is 0 Å². The van der Waals surface area contributed by atoms with E-state index in [2.05, 4.69) is 36.7 Å². The fraction of sp³-hybridized carbons (Fsp3) is 0.269. The molecule has 0 aliphatic rings. The monoisotopic (exact) mass is 459 g/mol. The molecule has 7 heteroatoms. The first-order valence-electron chi connectivity index (χ1n) is 11.2. The second-order valence-electron chi connectivity index (χ2n) is 8.13. The molecule has 0 spiro atoms. The van der Waals surface area contributed by atoms with Crippen LogP contribution in [0.5, 0.6) is 5.75 Å². The molecule has 6 nitrogen and oxygen atoms in total. The van der Waals surface area contributed by atoms with E-state index < -0.39 is 0 Å². The van der Waals surface area contributed by atoms with Crippen molar-refractivity contribution in [2.24, 2.45) is 7.05 Å². The van der Waals surface area contributed by atoms with Crippen molar-refractivity contribution in [1.29, 1.82) is 0 Å². The number of fused-ring (bicyclic) bond motifs is 2. The van der Waals surface area contributed by atoms with Gasteiger partial charge in [-0.25, -0.2) is 9.97 Å².